The molecule has 7 heteroatoms. The molecule has 1 N–H and O–H groups in total. The summed E-state index contributed by atoms with van der Waals surface area (Å²) in [5, 5.41) is 14.0. The molecule has 0 saturated carbocycles. The van der Waals surface area contributed by atoms with E-state index in [1.165, 1.54) is 11.3 Å². The van der Waals surface area contributed by atoms with E-state index in [0.29, 0.717) is 23.2 Å². The minimum Gasteiger partial charge on any atom is -0.496 e. The molecule has 1 heterocycles. The van der Waals surface area contributed by atoms with E-state index in [2.05, 4.69) is 22.1 Å². The normalized spacial score (nSPS) is 11.7. The quantitative estimate of drug-likeness (QED) is 0.368. The van der Waals surface area contributed by atoms with Crippen molar-refractivity contribution in [2.24, 2.45) is 0 Å². The summed E-state index contributed by atoms with van der Waals surface area (Å²) < 4.78 is 5.57. The van der Waals surface area contributed by atoms with Gasteiger partial charge in [0.05, 0.1) is 22.3 Å². The average Bonchev–Trinajstić information content (AvgIpc) is 3.03. The van der Waals surface area contributed by atoms with Crippen molar-refractivity contribution in [3.8, 4) is 10.6 Å². The second-order valence-electron chi connectivity index (χ2n) is 4.71. The molecular formula is C17H17Cl2N3OS. The van der Waals surface area contributed by atoms with Crippen molar-refractivity contribution >= 4 is 39.7 Å². The van der Waals surface area contributed by atoms with E-state index in [4.69, 9.17) is 27.9 Å². The molecule has 0 bridgehead atoms. The van der Waals surface area contributed by atoms with Gasteiger partial charge < -0.3 is 10.1 Å². The lowest BCUT2D eigenvalue weighted by atomic mass is 10.2. The molecule has 0 radical (unpaired) electrons. The molecule has 0 aliphatic rings. The number of allylic oxidation sites excluding steroid dienone is 5. The van der Waals surface area contributed by atoms with Gasteiger partial charge in [-0.3, -0.25) is 0 Å². The third kappa shape index (κ3) is 5.67. The molecule has 126 valence electrons. The summed E-state index contributed by atoms with van der Waals surface area (Å²) in [7, 11) is 0. The number of ether oxygens (including phenoxy) is 1. The van der Waals surface area contributed by atoms with E-state index < -0.39 is 0 Å². The van der Waals surface area contributed by atoms with Crippen LogP contribution >= 0.6 is 34.5 Å². The van der Waals surface area contributed by atoms with Gasteiger partial charge in [0, 0.05) is 5.56 Å². The summed E-state index contributed by atoms with van der Waals surface area (Å²) in [6, 6.07) is 5.40. The first-order chi connectivity index (χ1) is 11.6. The highest BCUT2D eigenvalue weighted by molar-refractivity contribution is 7.18. The molecule has 1 aromatic heterocycles. The maximum Gasteiger partial charge on any atom is 0.206 e. The minimum atomic E-state index is 0.500. The number of anilines is 1. The Hall–Kier alpha value is -1.82. The van der Waals surface area contributed by atoms with Crippen LogP contribution < -0.4 is 5.32 Å². The number of hydrogen-bond donors (Lipinski definition) is 1. The van der Waals surface area contributed by atoms with E-state index in [-0.39, 0.29) is 0 Å². The van der Waals surface area contributed by atoms with Crippen LogP contribution in [0.5, 0.6) is 0 Å². The lowest BCUT2D eigenvalue weighted by Gasteiger charge is -2.05. The van der Waals surface area contributed by atoms with Crippen LogP contribution in [-0.2, 0) is 4.74 Å². The number of nitrogens with zero attached hydrogens (tertiary/aromatic N) is 2. The maximum atomic E-state index is 6.02. The van der Waals surface area contributed by atoms with Crippen LogP contribution in [0.1, 0.15) is 6.92 Å². The van der Waals surface area contributed by atoms with Crippen LogP contribution in [-0.4, -0.2) is 23.3 Å². The van der Waals surface area contributed by atoms with Gasteiger partial charge in [0.1, 0.15) is 11.6 Å². The van der Waals surface area contributed by atoms with E-state index in [1.807, 2.05) is 31.2 Å². The zero-order valence-electron chi connectivity index (χ0n) is 13.1. The monoisotopic (exact) mass is 381 g/mol. The lowest BCUT2D eigenvalue weighted by Crippen LogP contribution is -2.08. The van der Waals surface area contributed by atoms with Gasteiger partial charge in [0.2, 0.25) is 5.13 Å². The van der Waals surface area contributed by atoms with Crippen molar-refractivity contribution in [2.75, 3.05) is 18.5 Å². The van der Waals surface area contributed by atoms with Crippen molar-refractivity contribution < 1.29 is 4.74 Å². The van der Waals surface area contributed by atoms with Gasteiger partial charge in [0.15, 0.2) is 0 Å². The summed E-state index contributed by atoms with van der Waals surface area (Å²) >= 11 is 13.4. The SMILES string of the molecule is C=C/C=C\C=C(/C)OCCNc1nnc(-c2ccc(Cl)c(Cl)c2)s1. The number of hydrogen-bond acceptors (Lipinski definition) is 5. The predicted octanol–water partition coefficient (Wildman–Crippen LogP) is 5.59. The van der Waals surface area contributed by atoms with Gasteiger partial charge in [-0.2, -0.15) is 0 Å². The van der Waals surface area contributed by atoms with Gasteiger partial charge in [-0.05, 0) is 25.1 Å². The number of rotatable bonds is 8. The minimum absolute atomic E-state index is 0.500. The van der Waals surface area contributed by atoms with Crippen molar-refractivity contribution in [3.63, 3.8) is 0 Å². The third-order valence-electron chi connectivity index (χ3n) is 2.88. The van der Waals surface area contributed by atoms with Crippen molar-refractivity contribution in [1.82, 2.24) is 10.2 Å². The highest BCUT2D eigenvalue weighted by atomic mass is 35.5. The molecule has 0 aliphatic heterocycles. The standard InChI is InChI=1S/C17H17Cl2N3OS/c1-3-4-5-6-12(2)23-10-9-20-17-22-21-16(24-17)13-7-8-14(18)15(19)11-13/h3-8,11H,1,9-10H2,2H3,(H,20,22)/b5-4-,12-6+. The fourth-order valence-corrected chi connectivity index (χ4v) is 2.79. The predicted molar refractivity (Wildman–Crippen MR) is 103 cm³/mol. The fraction of sp³-hybridized carbons (Fsp3) is 0.176. The Morgan fingerprint density at radius 2 is 2.12 bits per heavy atom. The summed E-state index contributed by atoms with van der Waals surface area (Å²) in [5.41, 5.74) is 0.888. The first-order valence-electron chi connectivity index (χ1n) is 7.21. The molecule has 1 aromatic carbocycles. The molecule has 24 heavy (non-hydrogen) atoms. The van der Waals surface area contributed by atoms with E-state index in [1.54, 1.807) is 18.2 Å². The van der Waals surface area contributed by atoms with Gasteiger partial charge in [-0.25, -0.2) is 0 Å². The second-order valence-corrected chi connectivity index (χ2v) is 6.51. The van der Waals surface area contributed by atoms with Gasteiger partial charge in [0.25, 0.3) is 0 Å². The smallest absolute Gasteiger partial charge is 0.206 e. The topological polar surface area (TPSA) is 47.0 Å². The third-order valence-corrected chi connectivity index (χ3v) is 4.55. The Labute approximate surface area is 155 Å². The summed E-state index contributed by atoms with van der Waals surface area (Å²) in [6.45, 7) is 6.68. The van der Waals surface area contributed by atoms with Crippen LogP contribution in [0.25, 0.3) is 10.6 Å². The highest BCUT2D eigenvalue weighted by Crippen LogP contribution is 2.31. The van der Waals surface area contributed by atoms with E-state index >= 15 is 0 Å². The lowest BCUT2D eigenvalue weighted by molar-refractivity contribution is 0.226. The molecular weight excluding hydrogens is 365 g/mol. The van der Waals surface area contributed by atoms with Crippen LogP contribution in [0, 0.1) is 0 Å². The highest BCUT2D eigenvalue weighted by Gasteiger charge is 2.08. The van der Waals surface area contributed by atoms with E-state index in [9.17, 15) is 0 Å². The molecule has 0 amide bonds. The Balaban J connectivity index is 1.84. The summed E-state index contributed by atoms with van der Waals surface area (Å²) in [4.78, 5) is 0. The van der Waals surface area contributed by atoms with Crippen LogP contribution in [0.2, 0.25) is 10.0 Å². The molecule has 0 fully saturated rings. The van der Waals surface area contributed by atoms with Crippen molar-refractivity contribution in [3.05, 3.63) is 64.9 Å². The largest absolute Gasteiger partial charge is 0.496 e. The Morgan fingerprint density at radius 3 is 2.88 bits per heavy atom. The first-order valence-corrected chi connectivity index (χ1v) is 8.79. The maximum absolute atomic E-state index is 6.02. The molecule has 2 rings (SSSR count). The number of benzene rings is 1. The summed E-state index contributed by atoms with van der Waals surface area (Å²) in [5.74, 6) is 0.837. The summed E-state index contributed by atoms with van der Waals surface area (Å²) in [6.07, 6.45) is 7.32. The van der Waals surface area contributed by atoms with Gasteiger partial charge in [-0.15, -0.1) is 10.2 Å². The molecule has 4 nitrogen and oxygen atoms in total. The number of aromatic nitrogens is 2. The Bertz CT molecular complexity index is 756. The molecule has 0 spiro atoms. The fourth-order valence-electron chi connectivity index (χ4n) is 1.73. The van der Waals surface area contributed by atoms with Crippen molar-refractivity contribution in [2.45, 2.75) is 6.92 Å². The zero-order chi connectivity index (χ0) is 17.4. The number of halogens is 2. The van der Waals surface area contributed by atoms with Crippen molar-refractivity contribution in [1.29, 1.82) is 0 Å². The second kappa shape index (κ2) is 9.47. The molecule has 2 aromatic rings. The van der Waals surface area contributed by atoms with Gasteiger partial charge >= 0.3 is 0 Å². The van der Waals surface area contributed by atoms with E-state index in [0.717, 1.165) is 21.5 Å². The molecule has 0 unspecified atom stereocenters. The molecule has 0 aliphatic carbocycles. The molecule has 0 saturated heterocycles. The average molecular weight is 382 g/mol. The Morgan fingerprint density at radius 1 is 1.29 bits per heavy atom. The van der Waals surface area contributed by atoms with Crippen LogP contribution in [0.3, 0.4) is 0 Å². The van der Waals surface area contributed by atoms with Crippen LogP contribution in [0.4, 0.5) is 5.13 Å². The van der Waals surface area contributed by atoms with Gasteiger partial charge in [-0.1, -0.05) is 65.4 Å². The van der Waals surface area contributed by atoms with Crippen LogP contribution in [0.15, 0.2) is 54.8 Å². The first kappa shape index (κ1) is 18.5. The Kier molecular flexibility index (Phi) is 7.31. The molecule has 0 atom stereocenters. The number of nitrogens with one attached hydrogen (secondary N) is 1. The zero-order valence-corrected chi connectivity index (χ0v) is 15.5.